The third kappa shape index (κ3) is 5.36. The second-order valence-electron chi connectivity index (χ2n) is 7.12. The normalized spacial score (nSPS) is 15.4. The van der Waals surface area contributed by atoms with Crippen LogP contribution in [0, 0.1) is 11.7 Å². The molecule has 2 aromatic rings. The van der Waals surface area contributed by atoms with E-state index in [-0.39, 0.29) is 5.91 Å². The highest BCUT2D eigenvalue weighted by Crippen LogP contribution is 2.23. The van der Waals surface area contributed by atoms with Gasteiger partial charge >= 0.3 is 5.97 Å². The zero-order chi connectivity index (χ0) is 21.7. The van der Waals surface area contributed by atoms with Gasteiger partial charge < -0.3 is 15.0 Å². The first-order chi connectivity index (χ1) is 14.3. The molecule has 8 heteroatoms. The zero-order valence-corrected chi connectivity index (χ0v) is 17.2. The summed E-state index contributed by atoms with van der Waals surface area (Å²) in [5, 5.41) is 3.03. The number of amides is 2. The number of nitrogens with one attached hydrogen (secondary N) is 1. The molecule has 3 rings (SSSR count). The second-order valence-corrected chi connectivity index (χ2v) is 7.53. The summed E-state index contributed by atoms with van der Waals surface area (Å²) in [4.78, 5) is 38.8. The van der Waals surface area contributed by atoms with Crippen molar-refractivity contribution in [3.05, 3.63) is 64.9 Å². The minimum absolute atomic E-state index is 0.200. The predicted molar refractivity (Wildman–Crippen MR) is 111 cm³/mol. The van der Waals surface area contributed by atoms with Gasteiger partial charge in [0.2, 0.25) is 0 Å². The summed E-state index contributed by atoms with van der Waals surface area (Å²) in [7, 11) is 0. The maximum absolute atomic E-state index is 13.0. The SMILES string of the molecule is CC(OC(=O)C1CCN(C(=O)c2ccc(F)cc2)CC1)C(=O)Nc1ccccc1Cl. The lowest BCUT2D eigenvalue weighted by atomic mass is 9.96. The topological polar surface area (TPSA) is 75.7 Å². The van der Waals surface area contributed by atoms with E-state index >= 15 is 0 Å². The Bertz CT molecular complexity index is 927. The number of benzene rings is 2. The van der Waals surface area contributed by atoms with Crippen molar-refractivity contribution in [2.75, 3.05) is 18.4 Å². The Morgan fingerprint density at radius 3 is 2.37 bits per heavy atom. The number of carbonyl (C=O) groups is 3. The van der Waals surface area contributed by atoms with Gasteiger partial charge in [0.25, 0.3) is 11.8 Å². The summed E-state index contributed by atoms with van der Waals surface area (Å²) in [6.07, 6.45) is -0.109. The molecule has 0 aliphatic carbocycles. The molecule has 0 bridgehead atoms. The number of likely N-dealkylation sites (tertiary alicyclic amines) is 1. The van der Waals surface area contributed by atoms with E-state index in [2.05, 4.69) is 5.32 Å². The van der Waals surface area contributed by atoms with Crippen molar-refractivity contribution < 1.29 is 23.5 Å². The molecule has 2 aromatic carbocycles. The van der Waals surface area contributed by atoms with Crippen LogP contribution in [-0.2, 0) is 14.3 Å². The van der Waals surface area contributed by atoms with Gasteiger partial charge in [-0.05, 0) is 56.2 Å². The molecule has 1 atom stereocenters. The number of halogens is 2. The molecule has 0 saturated carbocycles. The van der Waals surface area contributed by atoms with Crippen LogP contribution in [0.5, 0.6) is 0 Å². The molecule has 1 aliphatic rings. The fraction of sp³-hybridized carbons (Fsp3) is 0.318. The van der Waals surface area contributed by atoms with E-state index in [4.69, 9.17) is 16.3 Å². The number of nitrogens with zero attached hydrogens (tertiary/aromatic N) is 1. The van der Waals surface area contributed by atoms with Crippen molar-refractivity contribution in [3.63, 3.8) is 0 Å². The van der Waals surface area contributed by atoms with E-state index in [9.17, 15) is 18.8 Å². The van der Waals surface area contributed by atoms with Gasteiger partial charge in [0, 0.05) is 18.7 Å². The predicted octanol–water partition coefficient (Wildman–Crippen LogP) is 3.90. The fourth-order valence-electron chi connectivity index (χ4n) is 3.21. The summed E-state index contributed by atoms with van der Waals surface area (Å²) in [6.45, 7) is 2.27. The number of rotatable bonds is 5. The smallest absolute Gasteiger partial charge is 0.309 e. The summed E-state index contributed by atoms with van der Waals surface area (Å²) in [5.74, 6) is -1.93. The number of esters is 1. The molecule has 1 heterocycles. The molecule has 0 radical (unpaired) electrons. The standard InChI is InChI=1S/C22H22ClFN2O4/c1-14(20(27)25-19-5-3-2-4-18(19)23)30-22(29)16-10-12-26(13-11-16)21(28)15-6-8-17(24)9-7-15/h2-9,14,16H,10-13H2,1H3,(H,25,27). The van der Waals surface area contributed by atoms with Crippen LogP contribution < -0.4 is 5.32 Å². The molecular weight excluding hydrogens is 411 g/mol. The lowest BCUT2D eigenvalue weighted by molar-refractivity contribution is -0.158. The summed E-state index contributed by atoms with van der Waals surface area (Å²) < 4.78 is 18.3. The lowest BCUT2D eigenvalue weighted by Crippen LogP contribution is -2.41. The third-order valence-corrected chi connectivity index (χ3v) is 5.33. The van der Waals surface area contributed by atoms with Gasteiger partial charge in [0.05, 0.1) is 16.6 Å². The fourth-order valence-corrected chi connectivity index (χ4v) is 3.40. The first kappa shape index (κ1) is 21.8. The molecular formula is C22H22ClFN2O4. The first-order valence-corrected chi connectivity index (χ1v) is 10.0. The molecule has 1 saturated heterocycles. The molecule has 1 N–H and O–H groups in total. The second kappa shape index (κ2) is 9.71. The molecule has 30 heavy (non-hydrogen) atoms. The molecule has 0 aromatic heterocycles. The van der Waals surface area contributed by atoms with E-state index < -0.39 is 29.7 Å². The zero-order valence-electron chi connectivity index (χ0n) is 16.4. The van der Waals surface area contributed by atoms with Gasteiger partial charge in [-0.25, -0.2) is 4.39 Å². The van der Waals surface area contributed by atoms with E-state index in [0.29, 0.717) is 42.2 Å². The molecule has 2 amide bonds. The van der Waals surface area contributed by atoms with Crippen LogP contribution in [0.2, 0.25) is 5.02 Å². The van der Waals surface area contributed by atoms with Gasteiger partial charge in [-0.3, -0.25) is 14.4 Å². The van der Waals surface area contributed by atoms with Crippen LogP contribution >= 0.6 is 11.6 Å². The summed E-state index contributed by atoms with van der Waals surface area (Å²) in [6, 6.07) is 12.2. The molecule has 6 nitrogen and oxygen atoms in total. The van der Waals surface area contributed by atoms with Crippen LogP contribution in [0.3, 0.4) is 0 Å². The number of anilines is 1. The number of hydrogen-bond acceptors (Lipinski definition) is 4. The minimum atomic E-state index is -0.979. The monoisotopic (exact) mass is 432 g/mol. The van der Waals surface area contributed by atoms with Crippen LogP contribution in [0.1, 0.15) is 30.1 Å². The molecule has 0 spiro atoms. The van der Waals surface area contributed by atoms with E-state index in [1.807, 2.05) is 0 Å². The first-order valence-electron chi connectivity index (χ1n) is 9.66. The number of ether oxygens (including phenoxy) is 1. The van der Waals surface area contributed by atoms with Crippen molar-refractivity contribution in [3.8, 4) is 0 Å². The van der Waals surface area contributed by atoms with Crippen molar-refractivity contribution in [2.45, 2.75) is 25.9 Å². The maximum Gasteiger partial charge on any atom is 0.309 e. The Labute approximate surface area is 179 Å². The molecule has 158 valence electrons. The van der Waals surface area contributed by atoms with E-state index in [1.165, 1.54) is 31.2 Å². The Morgan fingerprint density at radius 2 is 1.73 bits per heavy atom. The minimum Gasteiger partial charge on any atom is -0.452 e. The maximum atomic E-state index is 13.0. The average Bonchev–Trinajstić information content (AvgIpc) is 2.75. The van der Waals surface area contributed by atoms with Crippen LogP contribution in [-0.4, -0.2) is 41.9 Å². The third-order valence-electron chi connectivity index (χ3n) is 5.00. The lowest BCUT2D eigenvalue weighted by Gasteiger charge is -2.31. The highest BCUT2D eigenvalue weighted by molar-refractivity contribution is 6.33. The average molecular weight is 433 g/mol. The quantitative estimate of drug-likeness (QED) is 0.727. The molecule has 1 fully saturated rings. The number of hydrogen-bond donors (Lipinski definition) is 1. The van der Waals surface area contributed by atoms with Gasteiger partial charge in [-0.2, -0.15) is 0 Å². The van der Waals surface area contributed by atoms with Crippen molar-refractivity contribution >= 4 is 35.1 Å². The van der Waals surface area contributed by atoms with Crippen LogP contribution in [0.15, 0.2) is 48.5 Å². The summed E-state index contributed by atoms with van der Waals surface area (Å²) in [5.41, 5.74) is 0.849. The van der Waals surface area contributed by atoms with Crippen molar-refractivity contribution in [1.82, 2.24) is 4.90 Å². The Morgan fingerprint density at radius 1 is 1.10 bits per heavy atom. The highest BCUT2D eigenvalue weighted by atomic mass is 35.5. The van der Waals surface area contributed by atoms with Gasteiger partial charge in [0.15, 0.2) is 6.10 Å². The number of piperidine rings is 1. The number of para-hydroxylation sites is 1. The Hall–Kier alpha value is -2.93. The van der Waals surface area contributed by atoms with Crippen molar-refractivity contribution in [1.29, 1.82) is 0 Å². The Balaban J connectivity index is 1.48. The van der Waals surface area contributed by atoms with Gasteiger partial charge in [0.1, 0.15) is 5.82 Å². The van der Waals surface area contributed by atoms with E-state index in [1.54, 1.807) is 29.2 Å². The number of carbonyl (C=O) groups excluding carboxylic acids is 3. The van der Waals surface area contributed by atoms with Gasteiger partial charge in [-0.15, -0.1) is 0 Å². The van der Waals surface area contributed by atoms with Gasteiger partial charge in [-0.1, -0.05) is 23.7 Å². The molecule has 1 aliphatic heterocycles. The molecule has 1 unspecified atom stereocenters. The Kier molecular flexibility index (Phi) is 7.05. The largest absolute Gasteiger partial charge is 0.452 e. The van der Waals surface area contributed by atoms with E-state index in [0.717, 1.165) is 0 Å². The van der Waals surface area contributed by atoms with Crippen LogP contribution in [0.4, 0.5) is 10.1 Å². The van der Waals surface area contributed by atoms with Crippen molar-refractivity contribution in [2.24, 2.45) is 5.92 Å². The highest BCUT2D eigenvalue weighted by Gasteiger charge is 2.30. The van der Waals surface area contributed by atoms with Crippen LogP contribution in [0.25, 0.3) is 0 Å². The summed E-state index contributed by atoms with van der Waals surface area (Å²) >= 11 is 6.02.